The number of nitrogens with one attached hydrogen (secondary N) is 2. The summed E-state index contributed by atoms with van der Waals surface area (Å²) >= 11 is 3.46. The van der Waals surface area contributed by atoms with Gasteiger partial charge in [0.2, 0.25) is 0 Å². The number of carbonyl (C=O) groups excluding carboxylic acids is 2. The van der Waals surface area contributed by atoms with Crippen LogP contribution in [0.5, 0.6) is 0 Å². The van der Waals surface area contributed by atoms with Gasteiger partial charge in [0.25, 0.3) is 5.91 Å². The number of anilines is 2. The van der Waals surface area contributed by atoms with Gasteiger partial charge in [0.15, 0.2) is 5.82 Å². The van der Waals surface area contributed by atoms with Gasteiger partial charge in [-0.15, -0.1) is 21.5 Å². The number of likely N-dealkylation sites (tertiary alicyclic amines) is 1. The summed E-state index contributed by atoms with van der Waals surface area (Å²) in [5, 5.41) is 15.8. The lowest BCUT2D eigenvalue weighted by Gasteiger charge is -2.34. The van der Waals surface area contributed by atoms with Gasteiger partial charge in [-0.25, -0.2) is 9.18 Å². The van der Waals surface area contributed by atoms with Crippen molar-refractivity contribution in [1.29, 1.82) is 0 Å². The molecule has 0 radical (unpaired) electrons. The number of piperidine rings is 1. The molecule has 3 aromatic rings. The number of nitrogens with zero attached hydrogens (tertiary/aromatic N) is 4. The molecule has 1 aromatic carbocycles. The summed E-state index contributed by atoms with van der Waals surface area (Å²) in [7, 11) is 0. The summed E-state index contributed by atoms with van der Waals surface area (Å²) < 4.78 is 23.4. The zero-order valence-electron chi connectivity index (χ0n) is 24.2. The third kappa shape index (κ3) is 6.52. The standard InChI is InChI=1S/C29H36FIN6O3S/c1-16-34-35-24-23-19(13-29(5,6)15-37(16)24)22(26(41-23)33-21-10-9-17(31)12-20(21)30)25(38)32-18-8-7-11-36(14-18)27(39)40-28(2,3)4/h9-10,12,18,33H,7-8,11,13-15H2,1-6H3,(H,32,38). The van der Waals surface area contributed by atoms with Gasteiger partial charge >= 0.3 is 6.09 Å². The normalized spacial score (nSPS) is 18.2. The van der Waals surface area contributed by atoms with E-state index in [1.54, 1.807) is 11.0 Å². The third-order valence-corrected chi connectivity index (χ3v) is 9.02. The van der Waals surface area contributed by atoms with Crippen molar-refractivity contribution in [2.45, 2.75) is 79.0 Å². The Hall–Kier alpha value is -2.74. The molecule has 2 amide bonds. The summed E-state index contributed by atoms with van der Waals surface area (Å²) in [6.45, 7) is 13.4. The predicted octanol–water partition coefficient (Wildman–Crippen LogP) is 6.51. The fraction of sp³-hybridized carbons (Fsp3) is 0.517. The molecule has 12 heteroatoms. The molecule has 0 saturated carbocycles. The second-order valence-electron chi connectivity index (χ2n) is 12.6. The Balaban J connectivity index is 1.51. The lowest BCUT2D eigenvalue weighted by atomic mass is 9.85. The largest absolute Gasteiger partial charge is 0.444 e. The van der Waals surface area contributed by atoms with E-state index in [1.165, 1.54) is 17.4 Å². The van der Waals surface area contributed by atoms with E-state index in [0.29, 0.717) is 48.1 Å². The Morgan fingerprint density at radius 3 is 2.71 bits per heavy atom. The molecule has 9 nitrogen and oxygen atoms in total. The summed E-state index contributed by atoms with van der Waals surface area (Å²) in [6.07, 6.45) is 1.75. The van der Waals surface area contributed by atoms with Crippen molar-refractivity contribution in [3.8, 4) is 10.7 Å². The number of fused-ring (bicyclic) bond motifs is 3. The number of ether oxygens (including phenoxy) is 1. The van der Waals surface area contributed by atoms with Crippen LogP contribution in [0.25, 0.3) is 10.7 Å². The highest BCUT2D eigenvalue weighted by Gasteiger charge is 2.37. The van der Waals surface area contributed by atoms with Crippen LogP contribution in [-0.4, -0.2) is 56.4 Å². The van der Waals surface area contributed by atoms with E-state index in [2.05, 4.69) is 61.8 Å². The Bertz CT molecular complexity index is 1490. The van der Waals surface area contributed by atoms with Gasteiger partial charge in [0.1, 0.15) is 22.2 Å². The zero-order valence-corrected chi connectivity index (χ0v) is 27.2. The molecule has 1 unspecified atom stereocenters. The van der Waals surface area contributed by atoms with Crippen molar-refractivity contribution >= 4 is 56.6 Å². The number of aryl methyl sites for hydroxylation is 1. The Morgan fingerprint density at radius 2 is 2.00 bits per heavy atom. The van der Waals surface area contributed by atoms with Crippen LogP contribution >= 0.6 is 33.9 Å². The second kappa shape index (κ2) is 11.2. The summed E-state index contributed by atoms with van der Waals surface area (Å²) in [4.78, 5) is 29.4. The molecule has 2 aliphatic heterocycles. The Labute approximate surface area is 257 Å². The molecule has 0 spiro atoms. The number of halogens is 2. The van der Waals surface area contributed by atoms with Crippen molar-refractivity contribution in [3.63, 3.8) is 0 Å². The van der Waals surface area contributed by atoms with Crippen LogP contribution in [0, 0.1) is 21.7 Å². The number of hydrogen-bond donors (Lipinski definition) is 2. The number of rotatable bonds is 4. The van der Waals surface area contributed by atoms with Crippen LogP contribution in [0.4, 0.5) is 19.9 Å². The number of carbonyl (C=O) groups is 2. The summed E-state index contributed by atoms with van der Waals surface area (Å²) in [5.41, 5.74) is 0.865. The van der Waals surface area contributed by atoms with Gasteiger partial charge < -0.3 is 24.8 Å². The third-order valence-electron chi connectivity index (χ3n) is 7.20. The molecule has 1 fully saturated rings. The van der Waals surface area contributed by atoms with Crippen molar-refractivity contribution in [2.75, 3.05) is 18.4 Å². The number of amides is 2. The van der Waals surface area contributed by atoms with Crippen LogP contribution in [-0.2, 0) is 17.7 Å². The van der Waals surface area contributed by atoms with E-state index < -0.39 is 11.4 Å². The van der Waals surface area contributed by atoms with Crippen LogP contribution in [0.1, 0.15) is 69.2 Å². The highest BCUT2D eigenvalue weighted by molar-refractivity contribution is 14.1. The molecule has 41 heavy (non-hydrogen) atoms. The number of hydrogen-bond acceptors (Lipinski definition) is 7. The fourth-order valence-electron chi connectivity index (χ4n) is 5.40. The Morgan fingerprint density at radius 1 is 1.24 bits per heavy atom. The van der Waals surface area contributed by atoms with Crippen molar-refractivity contribution < 1.29 is 18.7 Å². The lowest BCUT2D eigenvalue weighted by molar-refractivity contribution is 0.0185. The van der Waals surface area contributed by atoms with Crippen molar-refractivity contribution in [3.05, 3.63) is 44.5 Å². The maximum absolute atomic E-state index is 15.0. The van der Waals surface area contributed by atoms with E-state index in [-0.39, 0.29) is 23.5 Å². The maximum Gasteiger partial charge on any atom is 0.410 e. The van der Waals surface area contributed by atoms with E-state index in [4.69, 9.17) is 4.74 Å². The minimum Gasteiger partial charge on any atom is -0.444 e. The second-order valence-corrected chi connectivity index (χ2v) is 14.9. The molecule has 220 valence electrons. The monoisotopic (exact) mass is 694 g/mol. The topological polar surface area (TPSA) is 101 Å². The predicted molar refractivity (Wildman–Crippen MR) is 166 cm³/mol. The molecule has 1 saturated heterocycles. The van der Waals surface area contributed by atoms with E-state index in [1.807, 2.05) is 33.8 Å². The van der Waals surface area contributed by atoms with Gasteiger partial charge in [0, 0.05) is 29.2 Å². The summed E-state index contributed by atoms with van der Waals surface area (Å²) in [5.74, 6) is 0.869. The quantitative estimate of drug-likeness (QED) is 0.302. The molecule has 1 atom stereocenters. The number of benzene rings is 1. The van der Waals surface area contributed by atoms with E-state index in [9.17, 15) is 14.0 Å². The molecular weight excluding hydrogens is 658 g/mol. The highest BCUT2D eigenvalue weighted by Crippen LogP contribution is 2.46. The smallest absolute Gasteiger partial charge is 0.410 e. The molecule has 0 bridgehead atoms. The lowest BCUT2D eigenvalue weighted by Crippen LogP contribution is -2.50. The average molecular weight is 695 g/mol. The average Bonchev–Trinajstić information content (AvgIpc) is 3.35. The minimum atomic E-state index is -0.599. The van der Waals surface area contributed by atoms with E-state index in [0.717, 1.165) is 32.7 Å². The highest BCUT2D eigenvalue weighted by atomic mass is 127. The van der Waals surface area contributed by atoms with Crippen LogP contribution < -0.4 is 10.6 Å². The maximum atomic E-state index is 15.0. The van der Waals surface area contributed by atoms with Crippen LogP contribution in [0.15, 0.2) is 18.2 Å². The minimum absolute atomic E-state index is 0.188. The van der Waals surface area contributed by atoms with Crippen LogP contribution in [0.3, 0.4) is 0 Å². The molecular formula is C29H36FIN6O3S. The number of thiophene rings is 1. The first-order valence-electron chi connectivity index (χ1n) is 13.8. The molecule has 5 rings (SSSR count). The SMILES string of the molecule is Cc1nnc2n1CC(C)(C)Cc1c-2sc(Nc2ccc(I)cc2F)c1C(=O)NC1CCCN(C(=O)OC(C)(C)C)C1. The van der Waals surface area contributed by atoms with Crippen molar-refractivity contribution in [1.82, 2.24) is 25.0 Å². The first-order valence-corrected chi connectivity index (χ1v) is 15.7. The summed E-state index contributed by atoms with van der Waals surface area (Å²) in [6, 6.07) is 4.71. The Kier molecular flexibility index (Phi) is 8.09. The number of aromatic nitrogens is 3. The molecule has 0 aliphatic carbocycles. The van der Waals surface area contributed by atoms with Gasteiger partial charge in [-0.3, -0.25) is 4.79 Å². The van der Waals surface area contributed by atoms with Gasteiger partial charge in [-0.05, 0) is 98.7 Å². The molecule has 4 heterocycles. The zero-order chi connectivity index (χ0) is 29.7. The van der Waals surface area contributed by atoms with Crippen molar-refractivity contribution in [2.24, 2.45) is 5.41 Å². The van der Waals surface area contributed by atoms with Gasteiger partial charge in [-0.2, -0.15) is 0 Å². The molecule has 2 aromatic heterocycles. The van der Waals surface area contributed by atoms with Crippen LogP contribution in [0.2, 0.25) is 0 Å². The van der Waals surface area contributed by atoms with Gasteiger partial charge in [0.05, 0.1) is 16.1 Å². The first-order chi connectivity index (χ1) is 19.2. The van der Waals surface area contributed by atoms with E-state index >= 15 is 0 Å². The molecule has 2 aliphatic rings. The fourth-order valence-corrected chi connectivity index (χ4v) is 7.08. The first kappa shape index (κ1) is 29.7. The van der Waals surface area contributed by atoms with Gasteiger partial charge in [-0.1, -0.05) is 13.8 Å². The molecule has 2 N–H and O–H groups in total.